The molecule has 0 bridgehead atoms. The third-order valence-electron chi connectivity index (χ3n) is 6.84. The van der Waals surface area contributed by atoms with Crippen molar-refractivity contribution in [3.8, 4) is 5.75 Å². The van der Waals surface area contributed by atoms with Crippen LogP contribution in [-0.4, -0.2) is 37.0 Å². The molecule has 5 rings (SSSR count). The third-order valence-corrected chi connectivity index (χ3v) is 7.34. The zero-order chi connectivity index (χ0) is 27.0. The largest absolute Gasteiger partial charge is 0.503 e. The molecule has 1 N–H and O–H groups in total. The molecule has 2 heterocycles. The standard InChI is InChI=1S/C30H27BrN2O5/c1-4-32(5-2)21-9-6-18(7-10-21)27-26(28(34)25-17-19-16-20(31)8-15-24(19)38-25)29(35)30(36)33(27)22-11-13-23(37-3)14-12-22/h6-17,27,35H,4-5H2,1-3H3. The van der Waals surface area contributed by atoms with Gasteiger partial charge in [-0.25, -0.2) is 0 Å². The Morgan fingerprint density at radius 2 is 1.71 bits per heavy atom. The number of fused-ring (bicyclic) bond motifs is 1. The van der Waals surface area contributed by atoms with Gasteiger partial charge in [0.1, 0.15) is 11.3 Å². The number of nitrogens with zero attached hydrogens (tertiary/aromatic N) is 2. The van der Waals surface area contributed by atoms with Crippen LogP contribution in [0.25, 0.3) is 11.0 Å². The van der Waals surface area contributed by atoms with E-state index in [1.807, 2.05) is 36.4 Å². The molecular weight excluding hydrogens is 548 g/mol. The van der Waals surface area contributed by atoms with Crippen LogP contribution in [0.1, 0.15) is 36.0 Å². The Hall–Kier alpha value is -4.04. The van der Waals surface area contributed by atoms with Crippen LogP contribution in [-0.2, 0) is 4.79 Å². The molecular formula is C30H27BrN2O5. The van der Waals surface area contributed by atoms with Gasteiger partial charge in [-0.15, -0.1) is 0 Å². The Labute approximate surface area is 229 Å². The first-order valence-electron chi connectivity index (χ1n) is 12.4. The van der Waals surface area contributed by atoms with Crippen LogP contribution in [0.15, 0.2) is 93.0 Å². The van der Waals surface area contributed by atoms with Gasteiger partial charge in [0.2, 0.25) is 5.78 Å². The van der Waals surface area contributed by atoms with Crippen LogP contribution in [0.3, 0.4) is 0 Å². The number of amides is 1. The molecule has 1 atom stereocenters. The molecule has 0 fully saturated rings. The summed E-state index contributed by atoms with van der Waals surface area (Å²) < 4.78 is 12.0. The zero-order valence-electron chi connectivity index (χ0n) is 21.3. The molecule has 1 amide bonds. The number of furan rings is 1. The maximum Gasteiger partial charge on any atom is 0.294 e. The summed E-state index contributed by atoms with van der Waals surface area (Å²) in [6.07, 6.45) is 0. The minimum Gasteiger partial charge on any atom is -0.503 e. The van der Waals surface area contributed by atoms with E-state index in [1.54, 1.807) is 43.5 Å². The SMILES string of the molecule is CCN(CC)c1ccc(C2C(C(=O)c3cc4cc(Br)ccc4o3)=C(O)C(=O)N2c2ccc(OC)cc2)cc1. The van der Waals surface area contributed by atoms with E-state index in [0.717, 1.165) is 28.6 Å². The summed E-state index contributed by atoms with van der Waals surface area (Å²) >= 11 is 3.43. The molecule has 0 aliphatic carbocycles. The van der Waals surface area contributed by atoms with Gasteiger partial charge in [-0.05, 0) is 80.1 Å². The van der Waals surface area contributed by atoms with Gasteiger partial charge in [0, 0.05) is 34.3 Å². The van der Waals surface area contributed by atoms with E-state index in [0.29, 0.717) is 22.6 Å². The van der Waals surface area contributed by atoms with E-state index in [4.69, 9.17) is 9.15 Å². The van der Waals surface area contributed by atoms with E-state index in [9.17, 15) is 14.7 Å². The fourth-order valence-electron chi connectivity index (χ4n) is 4.88. The lowest BCUT2D eigenvalue weighted by atomic mass is 9.94. The topological polar surface area (TPSA) is 83.2 Å². The highest BCUT2D eigenvalue weighted by molar-refractivity contribution is 9.10. The number of carbonyl (C=O) groups excluding carboxylic acids is 2. The number of rotatable bonds is 8. The Kier molecular flexibility index (Phi) is 6.99. The van der Waals surface area contributed by atoms with Crippen molar-refractivity contribution in [3.05, 3.63) is 99.9 Å². The van der Waals surface area contributed by atoms with E-state index < -0.39 is 23.5 Å². The van der Waals surface area contributed by atoms with Crippen molar-refractivity contribution in [2.75, 3.05) is 30.0 Å². The molecule has 4 aromatic rings. The first-order chi connectivity index (χ1) is 18.4. The summed E-state index contributed by atoms with van der Waals surface area (Å²) in [5.74, 6) is -1.12. The van der Waals surface area contributed by atoms with Gasteiger partial charge in [0.25, 0.3) is 5.91 Å². The summed E-state index contributed by atoms with van der Waals surface area (Å²) in [4.78, 5) is 31.0. The second-order valence-electron chi connectivity index (χ2n) is 8.92. The van der Waals surface area contributed by atoms with E-state index in [2.05, 4.69) is 34.7 Å². The molecule has 1 aromatic heterocycles. The highest BCUT2D eigenvalue weighted by atomic mass is 79.9. The van der Waals surface area contributed by atoms with Crippen LogP contribution in [0.4, 0.5) is 11.4 Å². The van der Waals surface area contributed by atoms with E-state index in [1.165, 1.54) is 4.90 Å². The minimum atomic E-state index is -0.853. The molecule has 0 saturated heterocycles. The average Bonchev–Trinajstić information content (AvgIpc) is 3.47. The fourth-order valence-corrected chi connectivity index (χ4v) is 5.26. The normalized spacial score (nSPS) is 15.4. The lowest BCUT2D eigenvalue weighted by molar-refractivity contribution is -0.117. The van der Waals surface area contributed by atoms with Gasteiger partial charge in [0.05, 0.1) is 18.7 Å². The fraction of sp³-hybridized carbons (Fsp3) is 0.200. The smallest absolute Gasteiger partial charge is 0.294 e. The number of Topliss-reactive ketones (excluding diaryl/α,β-unsaturated/α-hetero) is 1. The van der Waals surface area contributed by atoms with Crippen LogP contribution in [0, 0.1) is 0 Å². The van der Waals surface area contributed by atoms with Gasteiger partial charge >= 0.3 is 0 Å². The molecule has 1 aliphatic heterocycles. The van der Waals surface area contributed by atoms with Crippen molar-refractivity contribution in [3.63, 3.8) is 0 Å². The summed E-state index contributed by atoms with van der Waals surface area (Å²) in [6.45, 7) is 5.87. The van der Waals surface area contributed by atoms with Crippen molar-refractivity contribution in [2.24, 2.45) is 0 Å². The summed E-state index contributed by atoms with van der Waals surface area (Å²) in [5, 5.41) is 11.8. The van der Waals surface area contributed by atoms with Crippen molar-refractivity contribution < 1.29 is 23.8 Å². The second-order valence-corrected chi connectivity index (χ2v) is 9.84. The number of anilines is 2. The molecule has 8 heteroatoms. The number of hydrogen-bond donors (Lipinski definition) is 1. The molecule has 1 unspecified atom stereocenters. The van der Waals surface area contributed by atoms with Gasteiger partial charge in [0.15, 0.2) is 11.5 Å². The molecule has 38 heavy (non-hydrogen) atoms. The average molecular weight is 575 g/mol. The molecule has 0 radical (unpaired) electrons. The number of halogens is 1. The van der Waals surface area contributed by atoms with Gasteiger partial charge < -0.3 is 19.2 Å². The lowest BCUT2D eigenvalue weighted by Gasteiger charge is -2.28. The third kappa shape index (κ3) is 4.45. The predicted octanol–water partition coefficient (Wildman–Crippen LogP) is 6.83. The van der Waals surface area contributed by atoms with Crippen molar-refractivity contribution in [1.82, 2.24) is 0 Å². The Morgan fingerprint density at radius 3 is 2.34 bits per heavy atom. The zero-order valence-corrected chi connectivity index (χ0v) is 22.9. The number of ketones is 1. The summed E-state index contributed by atoms with van der Waals surface area (Å²) in [7, 11) is 1.56. The maximum atomic E-state index is 13.9. The van der Waals surface area contributed by atoms with Crippen molar-refractivity contribution in [2.45, 2.75) is 19.9 Å². The highest BCUT2D eigenvalue weighted by Gasteiger charge is 2.45. The lowest BCUT2D eigenvalue weighted by Crippen LogP contribution is -2.31. The number of aliphatic hydroxyl groups is 1. The summed E-state index contributed by atoms with van der Waals surface area (Å²) in [6, 6.07) is 20.8. The number of carbonyl (C=O) groups is 2. The van der Waals surface area contributed by atoms with Crippen molar-refractivity contribution in [1.29, 1.82) is 0 Å². The molecule has 3 aromatic carbocycles. The second kappa shape index (κ2) is 10.4. The molecule has 1 aliphatic rings. The molecule has 7 nitrogen and oxygen atoms in total. The van der Waals surface area contributed by atoms with E-state index in [-0.39, 0.29) is 11.3 Å². The van der Waals surface area contributed by atoms with E-state index >= 15 is 0 Å². The maximum absolute atomic E-state index is 13.9. The number of benzene rings is 3. The number of ether oxygens (including phenoxy) is 1. The minimum absolute atomic E-state index is 0.0282. The predicted molar refractivity (Wildman–Crippen MR) is 151 cm³/mol. The monoisotopic (exact) mass is 574 g/mol. The van der Waals surface area contributed by atoms with Crippen molar-refractivity contribution >= 4 is 50.0 Å². The number of hydrogen-bond acceptors (Lipinski definition) is 6. The van der Waals surface area contributed by atoms with Gasteiger partial charge in [-0.3, -0.25) is 14.5 Å². The highest BCUT2D eigenvalue weighted by Crippen LogP contribution is 2.43. The van der Waals surface area contributed by atoms with Crippen LogP contribution in [0.5, 0.6) is 5.75 Å². The number of methoxy groups -OCH3 is 1. The van der Waals surface area contributed by atoms with Crippen LogP contribution in [0.2, 0.25) is 0 Å². The molecule has 194 valence electrons. The quantitative estimate of drug-likeness (QED) is 0.232. The number of aliphatic hydroxyl groups excluding tert-OH is 1. The molecule has 0 spiro atoms. The summed E-state index contributed by atoms with van der Waals surface area (Å²) in [5.41, 5.74) is 2.75. The Bertz CT molecular complexity index is 1540. The van der Waals surface area contributed by atoms with Gasteiger partial charge in [-0.2, -0.15) is 0 Å². The first kappa shape index (κ1) is 25.6. The Balaban J connectivity index is 1.62. The van der Waals surface area contributed by atoms with Gasteiger partial charge in [-0.1, -0.05) is 28.1 Å². The first-order valence-corrected chi connectivity index (χ1v) is 13.1. The van der Waals surface area contributed by atoms with Crippen LogP contribution < -0.4 is 14.5 Å². The Morgan fingerprint density at radius 1 is 1.03 bits per heavy atom. The van der Waals surface area contributed by atoms with Crippen LogP contribution >= 0.6 is 15.9 Å². The molecule has 0 saturated carbocycles.